The summed E-state index contributed by atoms with van der Waals surface area (Å²) >= 11 is 0. The van der Waals surface area contributed by atoms with Crippen LogP contribution in [0.25, 0.3) is 10.9 Å². The van der Waals surface area contributed by atoms with Gasteiger partial charge in [-0.15, -0.1) is 0 Å². The molecule has 2 rings (SSSR count). The van der Waals surface area contributed by atoms with Gasteiger partial charge in [0.25, 0.3) is 0 Å². The maximum atomic E-state index is 9.94. The van der Waals surface area contributed by atoms with Crippen LogP contribution in [0, 0.1) is 5.41 Å². The Morgan fingerprint density at radius 3 is 2.65 bits per heavy atom. The molecule has 0 fully saturated rings. The maximum Gasteiger partial charge on any atom is 0.140 e. The van der Waals surface area contributed by atoms with E-state index in [-0.39, 0.29) is 5.84 Å². The molecular formula is C15H20N4O. The Balaban J connectivity index is 2.55. The molecule has 20 heavy (non-hydrogen) atoms. The number of benzene rings is 1. The van der Waals surface area contributed by atoms with Crippen molar-refractivity contribution in [3.05, 3.63) is 35.9 Å². The summed E-state index contributed by atoms with van der Waals surface area (Å²) in [5, 5.41) is 18.6. The normalized spacial score (nSPS) is 11.6. The number of nitrogens with two attached hydrogens (primary N) is 1. The van der Waals surface area contributed by atoms with Crippen molar-refractivity contribution >= 4 is 22.6 Å². The van der Waals surface area contributed by atoms with Gasteiger partial charge in [-0.3, -0.25) is 5.41 Å². The number of anilines is 1. The maximum absolute atomic E-state index is 9.94. The second-order valence-electron chi connectivity index (χ2n) is 5.63. The number of rotatable bonds is 4. The topological polar surface area (TPSA) is 86.2 Å². The average molecular weight is 272 g/mol. The Kier molecular flexibility index (Phi) is 3.63. The Hall–Kier alpha value is -2.14. The second-order valence-corrected chi connectivity index (χ2v) is 5.63. The molecule has 0 aliphatic heterocycles. The van der Waals surface area contributed by atoms with Gasteiger partial charge in [0.05, 0.1) is 16.7 Å². The lowest BCUT2D eigenvalue weighted by Crippen LogP contribution is -2.37. The molecule has 1 aromatic heterocycles. The molecule has 0 spiro atoms. The predicted molar refractivity (Wildman–Crippen MR) is 82.3 cm³/mol. The van der Waals surface area contributed by atoms with E-state index in [9.17, 15) is 5.11 Å². The molecule has 2 aromatic rings. The Labute approximate surface area is 118 Å². The highest BCUT2D eigenvalue weighted by Gasteiger charge is 2.20. The summed E-state index contributed by atoms with van der Waals surface area (Å²) in [5.74, 6) is 0.583. The zero-order chi connectivity index (χ0) is 14.9. The first-order chi connectivity index (χ1) is 9.28. The highest BCUT2D eigenvalue weighted by atomic mass is 16.3. The van der Waals surface area contributed by atoms with Gasteiger partial charge in [-0.1, -0.05) is 18.2 Å². The van der Waals surface area contributed by atoms with E-state index in [1.54, 1.807) is 13.8 Å². The van der Waals surface area contributed by atoms with Crippen molar-refractivity contribution in [3.8, 4) is 0 Å². The van der Waals surface area contributed by atoms with E-state index in [2.05, 4.69) is 4.98 Å². The van der Waals surface area contributed by atoms with Crippen LogP contribution in [0.4, 0.5) is 5.82 Å². The number of likely N-dealkylation sites (N-methyl/N-ethyl adjacent to an activating group) is 1. The molecule has 0 radical (unpaired) electrons. The van der Waals surface area contributed by atoms with Crippen LogP contribution in [0.1, 0.15) is 19.4 Å². The predicted octanol–water partition coefficient (Wildman–Crippen LogP) is 1.73. The Morgan fingerprint density at radius 1 is 1.40 bits per heavy atom. The van der Waals surface area contributed by atoms with Gasteiger partial charge < -0.3 is 15.7 Å². The number of nitrogens with zero attached hydrogens (tertiary/aromatic N) is 2. The van der Waals surface area contributed by atoms with E-state index in [4.69, 9.17) is 11.1 Å². The summed E-state index contributed by atoms with van der Waals surface area (Å²) in [5.41, 5.74) is 6.23. The number of hydrogen-bond acceptors (Lipinski definition) is 4. The summed E-state index contributed by atoms with van der Waals surface area (Å²) < 4.78 is 0. The summed E-state index contributed by atoms with van der Waals surface area (Å²) in [6.45, 7) is 3.87. The fourth-order valence-corrected chi connectivity index (χ4v) is 2.25. The lowest BCUT2D eigenvalue weighted by atomic mass is 10.1. The molecule has 106 valence electrons. The van der Waals surface area contributed by atoms with Gasteiger partial charge in [-0.2, -0.15) is 0 Å². The number of aliphatic hydroxyl groups is 1. The molecule has 5 nitrogen and oxygen atoms in total. The van der Waals surface area contributed by atoms with Crippen LogP contribution in [-0.2, 0) is 0 Å². The lowest BCUT2D eigenvalue weighted by molar-refractivity contribution is 0.0884. The molecule has 1 heterocycles. The van der Waals surface area contributed by atoms with Crippen LogP contribution in [0.3, 0.4) is 0 Å². The number of nitrogen functional groups attached to an aromatic ring is 1. The van der Waals surface area contributed by atoms with Crippen molar-refractivity contribution in [2.75, 3.05) is 18.5 Å². The molecule has 0 aliphatic rings. The highest BCUT2D eigenvalue weighted by molar-refractivity contribution is 6.02. The summed E-state index contributed by atoms with van der Waals surface area (Å²) in [6.07, 6.45) is 0. The van der Waals surface area contributed by atoms with Crippen LogP contribution in [0.15, 0.2) is 30.3 Å². The van der Waals surface area contributed by atoms with E-state index in [0.29, 0.717) is 17.9 Å². The number of fused-ring (bicyclic) bond motifs is 1. The summed E-state index contributed by atoms with van der Waals surface area (Å²) in [6, 6.07) is 9.56. The van der Waals surface area contributed by atoms with Crippen molar-refractivity contribution in [1.29, 1.82) is 5.41 Å². The number of amidine groups is 1. The van der Waals surface area contributed by atoms with Crippen LogP contribution in [0.5, 0.6) is 0 Å². The third-order valence-electron chi connectivity index (χ3n) is 2.98. The second kappa shape index (κ2) is 5.09. The average Bonchev–Trinajstić information content (AvgIpc) is 2.35. The Bertz CT molecular complexity index is 646. The van der Waals surface area contributed by atoms with Crippen LogP contribution in [0.2, 0.25) is 0 Å². The van der Waals surface area contributed by atoms with Crippen molar-refractivity contribution < 1.29 is 5.11 Å². The van der Waals surface area contributed by atoms with Gasteiger partial charge in [0.2, 0.25) is 0 Å². The molecule has 4 N–H and O–H groups in total. The Morgan fingerprint density at radius 2 is 2.05 bits per heavy atom. The SMILES string of the molecule is CN(CC(C)(C)O)c1nc2ccccc2cc1C(=N)N. The quantitative estimate of drug-likeness (QED) is 0.584. The van der Waals surface area contributed by atoms with Gasteiger partial charge in [-0.25, -0.2) is 4.98 Å². The van der Waals surface area contributed by atoms with Gasteiger partial charge >= 0.3 is 0 Å². The van der Waals surface area contributed by atoms with Crippen molar-refractivity contribution in [2.24, 2.45) is 5.73 Å². The zero-order valence-electron chi connectivity index (χ0n) is 12.0. The fourth-order valence-electron chi connectivity index (χ4n) is 2.25. The van der Waals surface area contributed by atoms with E-state index < -0.39 is 5.60 Å². The molecule has 5 heteroatoms. The summed E-state index contributed by atoms with van der Waals surface area (Å²) in [4.78, 5) is 6.40. The monoisotopic (exact) mass is 272 g/mol. The van der Waals surface area contributed by atoms with Crippen LogP contribution < -0.4 is 10.6 Å². The first kappa shape index (κ1) is 14.3. The molecule has 0 saturated heterocycles. The lowest BCUT2D eigenvalue weighted by Gasteiger charge is -2.28. The fraction of sp³-hybridized carbons (Fsp3) is 0.333. The van der Waals surface area contributed by atoms with Crippen LogP contribution in [-0.4, -0.2) is 35.1 Å². The summed E-state index contributed by atoms with van der Waals surface area (Å²) in [7, 11) is 1.83. The molecule has 1 aromatic carbocycles. The standard InChI is InChI=1S/C15H20N4O/c1-15(2,20)9-19(3)14-11(13(16)17)8-10-6-4-5-7-12(10)18-14/h4-8,20H,9H2,1-3H3,(H3,16,17). The van der Waals surface area contributed by atoms with E-state index >= 15 is 0 Å². The first-order valence-electron chi connectivity index (χ1n) is 6.45. The van der Waals surface area contributed by atoms with E-state index in [1.807, 2.05) is 42.3 Å². The van der Waals surface area contributed by atoms with Gasteiger partial charge in [-0.05, 0) is 26.0 Å². The van der Waals surface area contributed by atoms with Crippen molar-refractivity contribution in [3.63, 3.8) is 0 Å². The first-order valence-corrected chi connectivity index (χ1v) is 6.45. The minimum absolute atomic E-state index is 0.0270. The van der Waals surface area contributed by atoms with Crippen molar-refractivity contribution in [2.45, 2.75) is 19.4 Å². The molecule has 0 saturated carbocycles. The molecule has 0 atom stereocenters. The largest absolute Gasteiger partial charge is 0.389 e. The van der Waals surface area contributed by atoms with E-state index in [0.717, 1.165) is 10.9 Å². The molecule has 0 unspecified atom stereocenters. The molecule has 0 amide bonds. The smallest absolute Gasteiger partial charge is 0.140 e. The van der Waals surface area contributed by atoms with E-state index in [1.165, 1.54) is 0 Å². The minimum atomic E-state index is -0.851. The third kappa shape index (κ3) is 3.05. The van der Waals surface area contributed by atoms with Gasteiger partial charge in [0, 0.05) is 19.0 Å². The number of para-hydroxylation sites is 1. The molecule has 0 aliphatic carbocycles. The number of hydrogen-bond donors (Lipinski definition) is 3. The molecule has 0 bridgehead atoms. The third-order valence-corrected chi connectivity index (χ3v) is 2.98. The van der Waals surface area contributed by atoms with Gasteiger partial charge in [0.15, 0.2) is 0 Å². The minimum Gasteiger partial charge on any atom is -0.389 e. The number of pyridine rings is 1. The zero-order valence-corrected chi connectivity index (χ0v) is 12.0. The number of aromatic nitrogens is 1. The number of nitrogens with one attached hydrogen (secondary N) is 1. The van der Waals surface area contributed by atoms with Gasteiger partial charge in [0.1, 0.15) is 11.7 Å². The van der Waals surface area contributed by atoms with Crippen molar-refractivity contribution in [1.82, 2.24) is 4.98 Å². The molecular weight excluding hydrogens is 252 g/mol. The van der Waals surface area contributed by atoms with Crippen LogP contribution >= 0.6 is 0 Å². The highest BCUT2D eigenvalue weighted by Crippen LogP contribution is 2.23.